The molecular weight excluding hydrogens is 210 g/mol. The molecule has 0 saturated heterocycles. The van der Waals surface area contributed by atoms with Gasteiger partial charge >= 0.3 is 0 Å². The molecule has 2 nitrogen and oxygen atoms in total. The van der Waals surface area contributed by atoms with Gasteiger partial charge in [0.15, 0.2) is 0 Å². The third kappa shape index (κ3) is 2.41. The lowest BCUT2D eigenvalue weighted by atomic mass is 9.97. The van der Waals surface area contributed by atoms with Gasteiger partial charge in [-0.3, -0.25) is 4.79 Å². The predicted octanol–water partition coefficient (Wildman–Crippen LogP) is 3.45. The van der Waals surface area contributed by atoms with E-state index in [-0.39, 0.29) is 11.4 Å². The Morgan fingerprint density at radius 3 is 2.35 bits per heavy atom. The molecule has 2 heteroatoms. The third-order valence-electron chi connectivity index (χ3n) is 2.93. The van der Waals surface area contributed by atoms with Crippen LogP contribution >= 0.6 is 0 Å². The van der Waals surface area contributed by atoms with Gasteiger partial charge < -0.3 is 4.90 Å². The average molecular weight is 229 g/mol. The molecule has 0 bridgehead atoms. The SMILES string of the molecule is CC(C)(C)N1C(=O)CCC=C1c1ccccc1. The van der Waals surface area contributed by atoms with Crippen molar-refractivity contribution in [2.24, 2.45) is 0 Å². The first-order valence-electron chi connectivity index (χ1n) is 6.09. The summed E-state index contributed by atoms with van der Waals surface area (Å²) in [6.45, 7) is 6.23. The van der Waals surface area contributed by atoms with Gasteiger partial charge in [-0.25, -0.2) is 0 Å². The highest BCUT2D eigenvalue weighted by Crippen LogP contribution is 2.31. The summed E-state index contributed by atoms with van der Waals surface area (Å²) >= 11 is 0. The van der Waals surface area contributed by atoms with Crippen molar-refractivity contribution in [2.75, 3.05) is 0 Å². The molecular formula is C15H19NO. The van der Waals surface area contributed by atoms with Crippen LogP contribution in [0.4, 0.5) is 0 Å². The van der Waals surface area contributed by atoms with Crippen molar-refractivity contribution >= 4 is 11.6 Å². The van der Waals surface area contributed by atoms with Gasteiger partial charge in [-0.15, -0.1) is 0 Å². The Morgan fingerprint density at radius 1 is 1.12 bits per heavy atom. The highest BCUT2D eigenvalue weighted by atomic mass is 16.2. The lowest BCUT2D eigenvalue weighted by Crippen LogP contribution is -2.45. The van der Waals surface area contributed by atoms with E-state index in [1.54, 1.807) is 0 Å². The minimum atomic E-state index is -0.167. The summed E-state index contributed by atoms with van der Waals surface area (Å²) in [6.07, 6.45) is 3.63. The molecule has 0 unspecified atom stereocenters. The predicted molar refractivity (Wildman–Crippen MR) is 70.3 cm³/mol. The topological polar surface area (TPSA) is 20.3 Å². The molecule has 1 aromatic carbocycles. The van der Waals surface area contributed by atoms with Crippen molar-refractivity contribution in [1.29, 1.82) is 0 Å². The smallest absolute Gasteiger partial charge is 0.227 e. The number of carbonyl (C=O) groups is 1. The van der Waals surface area contributed by atoms with Crippen LogP contribution in [0.15, 0.2) is 36.4 Å². The highest BCUT2D eigenvalue weighted by Gasteiger charge is 2.31. The minimum Gasteiger partial charge on any atom is -0.307 e. The van der Waals surface area contributed by atoms with Crippen molar-refractivity contribution in [3.8, 4) is 0 Å². The molecule has 90 valence electrons. The Balaban J connectivity index is 2.44. The molecule has 1 aromatic rings. The summed E-state index contributed by atoms with van der Waals surface area (Å²) in [7, 11) is 0. The number of rotatable bonds is 1. The van der Waals surface area contributed by atoms with Crippen LogP contribution in [-0.2, 0) is 4.79 Å². The molecule has 0 aromatic heterocycles. The largest absolute Gasteiger partial charge is 0.307 e. The van der Waals surface area contributed by atoms with E-state index in [0.29, 0.717) is 6.42 Å². The molecule has 0 fully saturated rings. The minimum absolute atomic E-state index is 0.167. The van der Waals surface area contributed by atoms with Crippen molar-refractivity contribution in [1.82, 2.24) is 4.90 Å². The van der Waals surface area contributed by atoms with Gasteiger partial charge in [-0.2, -0.15) is 0 Å². The van der Waals surface area contributed by atoms with E-state index in [4.69, 9.17) is 0 Å². The first kappa shape index (κ1) is 11.9. The van der Waals surface area contributed by atoms with Gasteiger partial charge in [0.25, 0.3) is 0 Å². The Labute approximate surface area is 103 Å². The standard InChI is InChI=1S/C15H19NO/c1-15(2,3)16-13(10-7-11-14(16)17)12-8-5-4-6-9-12/h4-6,8-10H,7,11H2,1-3H3. The van der Waals surface area contributed by atoms with Gasteiger partial charge in [0, 0.05) is 17.7 Å². The fourth-order valence-corrected chi connectivity index (χ4v) is 2.26. The zero-order chi connectivity index (χ0) is 12.5. The van der Waals surface area contributed by atoms with E-state index >= 15 is 0 Å². The Kier molecular flexibility index (Phi) is 3.05. The summed E-state index contributed by atoms with van der Waals surface area (Å²) in [5.74, 6) is 0.221. The lowest BCUT2D eigenvalue weighted by Gasteiger charge is -2.39. The number of hydrogen-bond acceptors (Lipinski definition) is 1. The van der Waals surface area contributed by atoms with Crippen molar-refractivity contribution < 1.29 is 4.79 Å². The monoisotopic (exact) mass is 229 g/mol. The lowest BCUT2D eigenvalue weighted by molar-refractivity contribution is -0.131. The number of benzene rings is 1. The second-order valence-corrected chi connectivity index (χ2v) is 5.39. The van der Waals surface area contributed by atoms with Gasteiger partial charge in [0.2, 0.25) is 5.91 Å². The molecule has 17 heavy (non-hydrogen) atoms. The van der Waals surface area contributed by atoms with Crippen LogP contribution in [-0.4, -0.2) is 16.3 Å². The fraction of sp³-hybridized carbons (Fsp3) is 0.400. The normalized spacial score (nSPS) is 17.0. The molecule has 0 aliphatic carbocycles. The number of nitrogens with zero attached hydrogens (tertiary/aromatic N) is 1. The maximum atomic E-state index is 12.1. The van der Waals surface area contributed by atoms with Crippen LogP contribution in [0.2, 0.25) is 0 Å². The number of hydrogen-bond donors (Lipinski definition) is 0. The van der Waals surface area contributed by atoms with Crippen LogP contribution in [0.3, 0.4) is 0 Å². The first-order valence-corrected chi connectivity index (χ1v) is 6.09. The molecule has 1 aliphatic rings. The summed E-state index contributed by atoms with van der Waals surface area (Å²) in [6, 6.07) is 10.1. The average Bonchev–Trinajstić information content (AvgIpc) is 2.28. The van der Waals surface area contributed by atoms with Crippen LogP contribution in [0, 0.1) is 0 Å². The van der Waals surface area contributed by atoms with Crippen molar-refractivity contribution in [2.45, 2.75) is 39.2 Å². The molecule has 1 amide bonds. The second-order valence-electron chi connectivity index (χ2n) is 5.39. The molecule has 1 aliphatic heterocycles. The fourth-order valence-electron chi connectivity index (χ4n) is 2.26. The molecule has 0 N–H and O–H groups in total. The molecule has 0 saturated carbocycles. The van der Waals surface area contributed by atoms with Gasteiger partial charge in [-0.05, 0) is 32.8 Å². The molecule has 0 radical (unpaired) electrons. The van der Waals surface area contributed by atoms with E-state index in [2.05, 4.69) is 39.0 Å². The Hall–Kier alpha value is -1.57. The summed E-state index contributed by atoms with van der Waals surface area (Å²) in [5.41, 5.74) is 2.00. The van der Waals surface area contributed by atoms with Crippen LogP contribution in [0.1, 0.15) is 39.2 Å². The van der Waals surface area contributed by atoms with E-state index < -0.39 is 0 Å². The molecule has 2 rings (SSSR count). The quantitative estimate of drug-likeness (QED) is 0.722. The molecule has 1 heterocycles. The molecule has 0 spiro atoms. The maximum absolute atomic E-state index is 12.1. The Bertz CT molecular complexity index is 440. The zero-order valence-electron chi connectivity index (χ0n) is 10.7. The van der Waals surface area contributed by atoms with Gasteiger partial charge in [-0.1, -0.05) is 36.4 Å². The van der Waals surface area contributed by atoms with E-state index in [1.807, 2.05) is 23.1 Å². The summed E-state index contributed by atoms with van der Waals surface area (Å²) in [4.78, 5) is 14.0. The highest BCUT2D eigenvalue weighted by molar-refractivity contribution is 5.89. The van der Waals surface area contributed by atoms with Gasteiger partial charge in [0.05, 0.1) is 0 Å². The third-order valence-corrected chi connectivity index (χ3v) is 2.93. The number of carbonyl (C=O) groups excluding carboxylic acids is 1. The van der Waals surface area contributed by atoms with Crippen molar-refractivity contribution in [3.05, 3.63) is 42.0 Å². The van der Waals surface area contributed by atoms with Crippen LogP contribution < -0.4 is 0 Å². The summed E-state index contributed by atoms with van der Waals surface area (Å²) in [5, 5.41) is 0. The molecule has 0 atom stereocenters. The number of allylic oxidation sites excluding steroid dienone is 1. The van der Waals surface area contributed by atoms with E-state index in [0.717, 1.165) is 17.7 Å². The van der Waals surface area contributed by atoms with Crippen LogP contribution in [0.25, 0.3) is 5.70 Å². The second kappa shape index (κ2) is 4.36. The Morgan fingerprint density at radius 2 is 1.76 bits per heavy atom. The van der Waals surface area contributed by atoms with Gasteiger partial charge in [0.1, 0.15) is 0 Å². The van der Waals surface area contributed by atoms with Crippen molar-refractivity contribution in [3.63, 3.8) is 0 Å². The summed E-state index contributed by atoms with van der Waals surface area (Å²) < 4.78 is 0. The zero-order valence-corrected chi connectivity index (χ0v) is 10.7. The number of amides is 1. The maximum Gasteiger partial charge on any atom is 0.227 e. The van der Waals surface area contributed by atoms with E-state index in [9.17, 15) is 4.79 Å². The van der Waals surface area contributed by atoms with Crippen LogP contribution in [0.5, 0.6) is 0 Å². The van der Waals surface area contributed by atoms with E-state index in [1.165, 1.54) is 0 Å². The first-order chi connectivity index (χ1) is 8.00.